The molecule has 1 aliphatic heterocycles. The van der Waals surface area contributed by atoms with Crippen molar-refractivity contribution in [2.75, 3.05) is 6.61 Å². The Balaban J connectivity index is 2.26. The molecule has 0 fully saturated rings. The van der Waals surface area contributed by atoms with Crippen molar-refractivity contribution >= 4 is 21.8 Å². The summed E-state index contributed by atoms with van der Waals surface area (Å²) in [7, 11) is 0. The second-order valence-corrected chi connectivity index (χ2v) is 4.83. The molecule has 1 amide bonds. The average Bonchev–Trinajstić information content (AvgIpc) is 2.58. The number of fused-ring (bicyclic) bond motifs is 3. The standard InChI is InChI=1S/C12H9BrFN3O2/c13-10-9(11(15)18)16-12-7-2-1-6(14)5-8(7)19-4-3-17(10)12/h1-2,5H,3-4H2,(H2,15,18). The predicted molar refractivity (Wildman–Crippen MR) is 69.3 cm³/mol. The lowest BCUT2D eigenvalue weighted by Gasteiger charge is -2.05. The van der Waals surface area contributed by atoms with Gasteiger partial charge in [-0.15, -0.1) is 0 Å². The van der Waals surface area contributed by atoms with Crippen molar-refractivity contribution in [2.45, 2.75) is 6.54 Å². The van der Waals surface area contributed by atoms with Gasteiger partial charge in [0.15, 0.2) is 5.69 Å². The molecule has 0 aliphatic carbocycles. The molecule has 19 heavy (non-hydrogen) atoms. The Hall–Kier alpha value is -1.89. The van der Waals surface area contributed by atoms with Gasteiger partial charge in [-0.25, -0.2) is 9.37 Å². The van der Waals surface area contributed by atoms with Gasteiger partial charge in [0.25, 0.3) is 5.91 Å². The van der Waals surface area contributed by atoms with Crippen LogP contribution < -0.4 is 10.5 Å². The SMILES string of the molecule is NC(=O)c1nc2n(c1Br)CCOc1cc(F)ccc1-2. The van der Waals surface area contributed by atoms with Crippen molar-refractivity contribution in [3.63, 3.8) is 0 Å². The molecule has 98 valence electrons. The average molecular weight is 326 g/mol. The van der Waals surface area contributed by atoms with Crippen molar-refractivity contribution in [1.82, 2.24) is 9.55 Å². The van der Waals surface area contributed by atoms with Gasteiger partial charge in [-0.2, -0.15) is 0 Å². The minimum atomic E-state index is -0.614. The van der Waals surface area contributed by atoms with E-state index in [0.29, 0.717) is 34.9 Å². The Bertz CT molecular complexity index is 684. The van der Waals surface area contributed by atoms with E-state index in [9.17, 15) is 9.18 Å². The number of carbonyl (C=O) groups excluding carboxylic acids is 1. The van der Waals surface area contributed by atoms with E-state index in [1.165, 1.54) is 12.1 Å². The summed E-state index contributed by atoms with van der Waals surface area (Å²) in [6, 6.07) is 4.20. The Morgan fingerprint density at radius 3 is 3.05 bits per heavy atom. The van der Waals surface area contributed by atoms with E-state index < -0.39 is 5.91 Å². The highest BCUT2D eigenvalue weighted by Gasteiger charge is 2.24. The number of ether oxygens (including phenoxy) is 1. The Labute approximate surface area is 116 Å². The largest absolute Gasteiger partial charge is 0.491 e. The molecule has 3 rings (SSSR count). The van der Waals surface area contributed by atoms with Gasteiger partial charge >= 0.3 is 0 Å². The van der Waals surface area contributed by atoms with Crippen molar-refractivity contribution in [1.29, 1.82) is 0 Å². The normalized spacial score (nSPS) is 13.2. The number of aromatic nitrogens is 2. The molecule has 2 heterocycles. The number of carbonyl (C=O) groups is 1. The van der Waals surface area contributed by atoms with Gasteiger partial charge in [0.1, 0.15) is 28.6 Å². The van der Waals surface area contributed by atoms with E-state index in [-0.39, 0.29) is 11.5 Å². The first-order valence-electron chi connectivity index (χ1n) is 5.56. The molecule has 1 aromatic heterocycles. The number of nitrogens with two attached hydrogens (primary N) is 1. The van der Waals surface area contributed by atoms with E-state index in [1.54, 1.807) is 10.6 Å². The third-order valence-corrected chi connectivity index (χ3v) is 3.70. The zero-order valence-corrected chi connectivity index (χ0v) is 11.3. The summed E-state index contributed by atoms with van der Waals surface area (Å²) in [5.74, 6) is -0.0505. The second kappa shape index (κ2) is 4.34. The first-order chi connectivity index (χ1) is 9.08. The van der Waals surface area contributed by atoms with Crippen LogP contribution in [0.5, 0.6) is 5.75 Å². The zero-order chi connectivity index (χ0) is 13.6. The molecular weight excluding hydrogens is 317 g/mol. The minimum absolute atomic E-state index is 0.159. The van der Waals surface area contributed by atoms with Crippen molar-refractivity contribution in [3.8, 4) is 17.1 Å². The predicted octanol–water partition coefficient (Wildman–Crippen LogP) is 1.94. The van der Waals surface area contributed by atoms with E-state index in [2.05, 4.69) is 20.9 Å². The highest BCUT2D eigenvalue weighted by molar-refractivity contribution is 9.10. The summed E-state index contributed by atoms with van der Waals surface area (Å²) in [6.45, 7) is 0.850. The van der Waals surface area contributed by atoms with E-state index in [1.807, 2.05) is 0 Å². The van der Waals surface area contributed by atoms with Crippen molar-refractivity contribution in [2.24, 2.45) is 5.73 Å². The molecule has 0 spiro atoms. The lowest BCUT2D eigenvalue weighted by atomic mass is 10.2. The maximum absolute atomic E-state index is 13.2. The molecular formula is C12H9BrFN3O2. The first kappa shape index (κ1) is 12.2. The van der Waals surface area contributed by atoms with Crippen LogP contribution >= 0.6 is 15.9 Å². The quantitative estimate of drug-likeness (QED) is 0.871. The summed E-state index contributed by atoms with van der Waals surface area (Å²) < 4.78 is 21.0. The van der Waals surface area contributed by atoms with Crippen molar-refractivity contribution < 1.29 is 13.9 Å². The molecule has 2 N–H and O–H groups in total. The maximum Gasteiger partial charge on any atom is 0.270 e. The third kappa shape index (κ3) is 1.90. The fourth-order valence-electron chi connectivity index (χ4n) is 2.05. The summed E-state index contributed by atoms with van der Waals surface area (Å²) in [5, 5.41) is 0. The number of imidazole rings is 1. The number of rotatable bonds is 1. The Morgan fingerprint density at radius 2 is 2.32 bits per heavy atom. The summed E-state index contributed by atoms with van der Waals surface area (Å²) in [4.78, 5) is 15.5. The minimum Gasteiger partial charge on any atom is -0.491 e. The Kier molecular flexibility index (Phi) is 2.78. The number of benzene rings is 1. The molecule has 0 unspecified atom stereocenters. The van der Waals surface area contributed by atoms with Gasteiger partial charge in [-0.3, -0.25) is 4.79 Å². The maximum atomic E-state index is 13.2. The number of hydrogen-bond donors (Lipinski definition) is 1. The molecule has 2 aromatic rings. The molecule has 0 bridgehead atoms. The zero-order valence-electron chi connectivity index (χ0n) is 9.69. The number of amides is 1. The number of hydrogen-bond acceptors (Lipinski definition) is 3. The summed E-state index contributed by atoms with van der Waals surface area (Å²) in [5.41, 5.74) is 6.06. The topological polar surface area (TPSA) is 70.1 Å². The smallest absolute Gasteiger partial charge is 0.270 e. The van der Waals surface area contributed by atoms with Crippen LogP contribution in [-0.4, -0.2) is 22.1 Å². The molecule has 5 nitrogen and oxygen atoms in total. The van der Waals surface area contributed by atoms with Crippen LogP contribution in [-0.2, 0) is 6.54 Å². The summed E-state index contributed by atoms with van der Waals surface area (Å²) >= 11 is 3.31. The van der Waals surface area contributed by atoms with Gasteiger partial charge < -0.3 is 15.0 Å². The van der Waals surface area contributed by atoms with Crippen LogP contribution in [0.1, 0.15) is 10.5 Å². The molecule has 1 aromatic carbocycles. The lowest BCUT2D eigenvalue weighted by molar-refractivity contribution is 0.0995. The molecule has 1 aliphatic rings. The summed E-state index contributed by atoms with van der Waals surface area (Å²) in [6.07, 6.45) is 0. The molecule has 0 saturated carbocycles. The fraction of sp³-hybridized carbons (Fsp3) is 0.167. The van der Waals surface area contributed by atoms with E-state index >= 15 is 0 Å². The van der Waals surface area contributed by atoms with Gasteiger partial charge in [0, 0.05) is 6.07 Å². The Morgan fingerprint density at radius 1 is 1.53 bits per heavy atom. The number of primary amides is 1. The van der Waals surface area contributed by atoms with Crippen molar-refractivity contribution in [3.05, 3.63) is 34.3 Å². The molecule has 7 heteroatoms. The molecule has 0 saturated heterocycles. The monoisotopic (exact) mass is 325 g/mol. The van der Waals surface area contributed by atoms with Crippen LogP contribution in [0.2, 0.25) is 0 Å². The van der Waals surface area contributed by atoms with Crippen LogP contribution in [0.15, 0.2) is 22.8 Å². The van der Waals surface area contributed by atoms with Crippen LogP contribution in [0.25, 0.3) is 11.4 Å². The van der Waals surface area contributed by atoms with Gasteiger partial charge in [-0.1, -0.05) is 0 Å². The lowest BCUT2D eigenvalue weighted by Crippen LogP contribution is -2.13. The van der Waals surface area contributed by atoms with Gasteiger partial charge in [0.2, 0.25) is 0 Å². The second-order valence-electron chi connectivity index (χ2n) is 4.08. The number of halogens is 2. The first-order valence-corrected chi connectivity index (χ1v) is 6.36. The van der Waals surface area contributed by atoms with Crippen LogP contribution in [0.4, 0.5) is 4.39 Å². The highest BCUT2D eigenvalue weighted by atomic mass is 79.9. The fourth-order valence-corrected chi connectivity index (χ4v) is 2.68. The van der Waals surface area contributed by atoms with Crippen LogP contribution in [0, 0.1) is 5.82 Å². The molecule has 0 atom stereocenters. The van der Waals surface area contributed by atoms with E-state index in [4.69, 9.17) is 10.5 Å². The third-order valence-electron chi connectivity index (χ3n) is 2.90. The number of nitrogens with zero attached hydrogens (tertiary/aromatic N) is 2. The van der Waals surface area contributed by atoms with Crippen LogP contribution in [0.3, 0.4) is 0 Å². The molecule has 0 radical (unpaired) electrons. The van der Waals surface area contributed by atoms with Gasteiger partial charge in [-0.05, 0) is 28.1 Å². The van der Waals surface area contributed by atoms with Gasteiger partial charge in [0.05, 0.1) is 12.1 Å². The van der Waals surface area contributed by atoms with E-state index in [0.717, 1.165) is 0 Å². The highest BCUT2D eigenvalue weighted by Crippen LogP contribution is 2.35.